The molecule has 5 aromatic carbocycles. The topological polar surface area (TPSA) is 66.3 Å². The number of aromatic nitrogens is 7. The van der Waals surface area contributed by atoms with E-state index in [1.165, 1.54) is 21.8 Å². The maximum Gasteiger partial charge on any atom is 0.183 e. The van der Waals surface area contributed by atoms with E-state index in [0.29, 0.717) is 11.6 Å². The summed E-state index contributed by atoms with van der Waals surface area (Å²) in [5.74, 6) is 1.32. The van der Waals surface area contributed by atoms with Crippen molar-refractivity contribution >= 4 is 43.6 Å². The van der Waals surface area contributed by atoms with Gasteiger partial charge in [0.1, 0.15) is 0 Å². The van der Waals surface area contributed by atoms with Crippen molar-refractivity contribution in [1.29, 1.82) is 0 Å². The lowest BCUT2D eigenvalue weighted by Gasteiger charge is -2.13. The van der Waals surface area contributed by atoms with E-state index in [-0.39, 0.29) is 0 Å². The molecule has 0 unspecified atom stereocenters. The number of fused-ring (bicyclic) bond motifs is 6. The van der Waals surface area contributed by atoms with Gasteiger partial charge in [0.25, 0.3) is 0 Å². The summed E-state index contributed by atoms with van der Waals surface area (Å²) in [7, 11) is 0. The fraction of sp³-hybridized carbons (Fsp3) is 0. The minimum Gasteiger partial charge on any atom is -0.309 e. The zero-order valence-corrected chi connectivity index (χ0v) is 26.2. The van der Waals surface area contributed by atoms with Gasteiger partial charge in [0.15, 0.2) is 11.6 Å². The molecule has 0 saturated heterocycles. The third-order valence-corrected chi connectivity index (χ3v) is 9.27. The molecule has 0 spiro atoms. The van der Waals surface area contributed by atoms with Gasteiger partial charge in [-0.15, -0.1) is 5.10 Å². The molecule has 7 nitrogen and oxygen atoms in total. The molecule has 5 heterocycles. The first-order valence-corrected chi connectivity index (χ1v) is 16.2. The maximum atomic E-state index is 5.00. The van der Waals surface area contributed by atoms with Crippen LogP contribution in [0.5, 0.6) is 0 Å². The number of rotatable bonds is 5. The number of hydrogen-bond donors (Lipinski definition) is 0. The monoisotopic (exact) mass is 629 g/mol. The second-order valence-electron chi connectivity index (χ2n) is 12.1. The van der Waals surface area contributed by atoms with Gasteiger partial charge < -0.3 is 9.13 Å². The fourth-order valence-electron chi connectivity index (χ4n) is 7.13. The number of para-hydroxylation sites is 3. The van der Waals surface area contributed by atoms with E-state index in [2.05, 4.69) is 134 Å². The van der Waals surface area contributed by atoms with E-state index in [9.17, 15) is 0 Å². The lowest BCUT2D eigenvalue weighted by atomic mass is 10.1. The van der Waals surface area contributed by atoms with Crippen molar-refractivity contribution in [2.45, 2.75) is 0 Å². The SMILES string of the molecule is c1cncc(-c2nc(-c3cccnc3)n(-c3ccc4c(c3)c3ccccc3n4-c3cccc(-n4c5ccccc5c5ccccc54)c3)n2)c1. The first-order valence-electron chi connectivity index (χ1n) is 16.2. The predicted octanol–water partition coefficient (Wildman–Crippen LogP) is 9.59. The Labute approximate surface area is 281 Å². The molecule has 0 N–H and O–H groups in total. The molecule has 7 heteroatoms. The van der Waals surface area contributed by atoms with Gasteiger partial charge in [-0.1, -0.05) is 60.7 Å². The van der Waals surface area contributed by atoms with Gasteiger partial charge in [-0.05, 0) is 78.9 Å². The van der Waals surface area contributed by atoms with Crippen LogP contribution in [-0.4, -0.2) is 33.9 Å². The Morgan fingerprint density at radius 2 is 0.959 bits per heavy atom. The predicted molar refractivity (Wildman–Crippen MR) is 196 cm³/mol. The van der Waals surface area contributed by atoms with E-state index in [1.54, 1.807) is 18.6 Å². The largest absolute Gasteiger partial charge is 0.309 e. The average Bonchev–Trinajstić information content (AvgIpc) is 3.86. The number of pyridine rings is 2. The highest BCUT2D eigenvalue weighted by Crippen LogP contribution is 2.36. The van der Waals surface area contributed by atoms with E-state index >= 15 is 0 Å². The lowest BCUT2D eigenvalue weighted by molar-refractivity contribution is 0.891. The summed E-state index contributed by atoms with van der Waals surface area (Å²) in [6.07, 6.45) is 7.13. The van der Waals surface area contributed by atoms with Crippen LogP contribution in [-0.2, 0) is 0 Å². The summed E-state index contributed by atoms with van der Waals surface area (Å²) >= 11 is 0. The second-order valence-corrected chi connectivity index (χ2v) is 12.1. The van der Waals surface area contributed by atoms with Crippen LogP contribution in [0.3, 0.4) is 0 Å². The zero-order chi connectivity index (χ0) is 32.3. The van der Waals surface area contributed by atoms with Crippen LogP contribution in [0.2, 0.25) is 0 Å². The zero-order valence-electron chi connectivity index (χ0n) is 26.2. The smallest absolute Gasteiger partial charge is 0.183 e. The van der Waals surface area contributed by atoms with E-state index in [4.69, 9.17) is 10.1 Å². The summed E-state index contributed by atoms with van der Waals surface area (Å²) in [6.45, 7) is 0. The molecule has 10 rings (SSSR count). The van der Waals surface area contributed by atoms with Crippen molar-refractivity contribution in [1.82, 2.24) is 33.9 Å². The molecule has 10 aromatic rings. The minimum absolute atomic E-state index is 0.608. The third kappa shape index (κ3) is 4.29. The van der Waals surface area contributed by atoms with Crippen LogP contribution in [0.4, 0.5) is 0 Å². The first kappa shape index (κ1) is 27.3. The highest BCUT2D eigenvalue weighted by atomic mass is 15.4. The molecule has 0 fully saturated rings. The van der Waals surface area contributed by atoms with Crippen molar-refractivity contribution < 1.29 is 0 Å². The van der Waals surface area contributed by atoms with Crippen LogP contribution in [0, 0.1) is 0 Å². The molecule has 0 amide bonds. The molecular weight excluding hydrogens is 603 g/mol. The molecule has 49 heavy (non-hydrogen) atoms. The summed E-state index contributed by atoms with van der Waals surface area (Å²) in [5, 5.41) is 9.79. The molecule has 0 bridgehead atoms. The Morgan fingerprint density at radius 1 is 0.408 bits per heavy atom. The van der Waals surface area contributed by atoms with Crippen molar-refractivity contribution in [3.63, 3.8) is 0 Å². The molecule has 0 saturated carbocycles. The molecule has 0 atom stereocenters. The molecule has 230 valence electrons. The summed E-state index contributed by atoms with van der Waals surface area (Å²) in [6, 6.07) is 49.0. The van der Waals surface area contributed by atoms with Crippen LogP contribution in [0.15, 0.2) is 164 Å². The van der Waals surface area contributed by atoms with Gasteiger partial charge in [0, 0.05) is 68.8 Å². The van der Waals surface area contributed by atoms with E-state index in [0.717, 1.165) is 50.0 Å². The van der Waals surface area contributed by atoms with Crippen molar-refractivity contribution in [3.05, 3.63) is 164 Å². The maximum absolute atomic E-state index is 5.00. The van der Waals surface area contributed by atoms with Crippen molar-refractivity contribution in [2.75, 3.05) is 0 Å². The fourth-order valence-corrected chi connectivity index (χ4v) is 7.13. The number of nitrogens with zero attached hydrogens (tertiary/aromatic N) is 7. The second kappa shape index (κ2) is 10.9. The van der Waals surface area contributed by atoms with E-state index in [1.807, 2.05) is 35.1 Å². The summed E-state index contributed by atoms with van der Waals surface area (Å²) in [4.78, 5) is 13.6. The molecule has 5 aromatic heterocycles. The quantitative estimate of drug-likeness (QED) is 0.190. The molecule has 0 aliphatic rings. The van der Waals surface area contributed by atoms with Crippen LogP contribution in [0.25, 0.3) is 83.4 Å². The van der Waals surface area contributed by atoms with Gasteiger partial charge >= 0.3 is 0 Å². The highest BCUT2D eigenvalue weighted by molar-refractivity contribution is 6.11. The van der Waals surface area contributed by atoms with Crippen LogP contribution >= 0.6 is 0 Å². The summed E-state index contributed by atoms with van der Waals surface area (Å²) in [5.41, 5.74) is 9.48. The lowest BCUT2D eigenvalue weighted by Crippen LogP contribution is -2.01. The van der Waals surface area contributed by atoms with Gasteiger partial charge in [-0.2, -0.15) is 0 Å². The first-order chi connectivity index (χ1) is 24.3. The average molecular weight is 630 g/mol. The molecule has 0 aliphatic heterocycles. The highest BCUT2D eigenvalue weighted by Gasteiger charge is 2.19. The van der Waals surface area contributed by atoms with Crippen molar-refractivity contribution in [3.8, 4) is 39.8 Å². The van der Waals surface area contributed by atoms with Crippen LogP contribution < -0.4 is 0 Å². The van der Waals surface area contributed by atoms with Gasteiger partial charge in [-0.3, -0.25) is 9.97 Å². The molecule has 0 radical (unpaired) electrons. The Bertz CT molecular complexity index is 2770. The molecular formula is C42H27N7. The molecule has 0 aliphatic carbocycles. The van der Waals surface area contributed by atoms with E-state index < -0.39 is 0 Å². The minimum atomic E-state index is 0.608. The van der Waals surface area contributed by atoms with Gasteiger partial charge in [-0.25, -0.2) is 9.67 Å². The van der Waals surface area contributed by atoms with Crippen molar-refractivity contribution in [2.24, 2.45) is 0 Å². The summed E-state index contributed by atoms with van der Waals surface area (Å²) < 4.78 is 6.63. The van der Waals surface area contributed by atoms with Gasteiger partial charge in [0.05, 0.1) is 27.8 Å². The number of hydrogen-bond acceptors (Lipinski definition) is 4. The number of benzene rings is 5. The van der Waals surface area contributed by atoms with Crippen LogP contribution in [0.1, 0.15) is 0 Å². The Morgan fingerprint density at radius 3 is 1.55 bits per heavy atom. The normalized spacial score (nSPS) is 11.7. The standard InChI is InChI=1S/C42H27N7/c1-4-17-37-33(14-1)34-15-2-5-18-38(34)47(37)30-12-7-13-31(24-30)48-39-19-6-3-16-35(39)36-25-32(20-21-40(36)48)49-42(29-11-9-23-44-27-29)45-41(46-49)28-10-8-22-43-26-28/h1-27H. The Kier molecular flexibility index (Phi) is 6.04. The third-order valence-electron chi connectivity index (χ3n) is 9.27. The Balaban J connectivity index is 1.17. The Hall–Kier alpha value is -6.86. The van der Waals surface area contributed by atoms with Gasteiger partial charge in [0.2, 0.25) is 0 Å².